The van der Waals surface area contributed by atoms with E-state index in [1.165, 1.54) is 0 Å². The zero-order chi connectivity index (χ0) is 14.4. The summed E-state index contributed by atoms with van der Waals surface area (Å²) in [6.45, 7) is 13.3. The summed E-state index contributed by atoms with van der Waals surface area (Å²) in [5, 5.41) is 12.3. The molecule has 0 spiro atoms. The zero-order valence-corrected chi connectivity index (χ0v) is 12.3. The molecule has 1 aliphatic rings. The van der Waals surface area contributed by atoms with Gasteiger partial charge in [0.1, 0.15) is 0 Å². The summed E-state index contributed by atoms with van der Waals surface area (Å²) >= 11 is 0. The monoisotopic (exact) mass is 269 g/mol. The second-order valence-corrected chi connectivity index (χ2v) is 5.40. The number of piperazine rings is 1. The van der Waals surface area contributed by atoms with Gasteiger partial charge in [-0.25, -0.2) is 0 Å². The molecule has 1 fully saturated rings. The Bertz CT molecular complexity index is 307. The van der Waals surface area contributed by atoms with Crippen molar-refractivity contribution in [1.29, 1.82) is 0 Å². The minimum atomic E-state index is -0.303. The molecule has 1 saturated heterocycles. The Morgan fingerprint density at radius 3 is 2.74 bits per heavy atom. The minimum Gasteiger partial charge on any atom is -0.392 e. The summed E-state index contributed by atoms with van der Waals surface area (Å²) in [5.74, 6) is 0.0519. The van der Waals surface area contributed by atoms with Gasteiger partial charge in [-0.3, -0.25) is 14.6 Å². The SMILES string of the molecule is C=CCNC(=O)C(C)N1CCN(CC(C)O)C(C)C1. The molecule has 1 amide bonds. The van der Waals surface area contributed by atoms with E-state index in [2.05, 4.69) is 28.6 Å². The van der Waals surface area contributed by atoms with Crippen molar-refractivity contribution in [3.63, 3.8) is 0 Å². The van der Waals surface area contributed by atoms with Crippen LogP contribution in [0.4, 0.5) is 0 Å². The highest BCUT2D eigenvalue weighted by Gasteiger charge is 2.29. The van der Waals surface area contributed by atoms with Crippen molar-refractivity contribution >= 4 is 5.91 Å². The number of carbonyl (C=O) groups is 1. The van der Waals surface area contributed by atoms with Crippen molar-refractivity contribution in [2.45, 2.75) is 39.0 Å². The first-order chi connectivity index (χ1) is 8.95. The lowest BCUT2D eigenvalue weighted by molar-refractivity contribution is -0.126. The highest BCUT2D eigenvalue weighted by Crippen LogP contribution is 2.12. The first kappa shape index (κ1) is 16.1. The third-order valence-electron chi connectivity index (χ3n) is 3.64. The minimum absolute atomic E-state index is 0.0519. The van der Waals surface area contributed by atoms with E-state index in [-0.39, 0.29) is 18.1 Å². The summed E-state index contributed by atoms with van der Waals surface area (Å²) in [5.41, 5.74) is 0. The average Bonchev–Trinajstić information content (AvgIpc) is 2.37. The summed E-state index contributed by atoms with van der Waals surface area (Å²) in [7, 11) is 0. The third kappa shape index (κ3) is 4.93. The smallest absolute Gasteiger partial charge is 0.237 e. The van der Waals surface area contributed by atoms with Gasteiger partial charge in [-0.2, -0.15) is 0 Å². The van der Waals surface area contributed by atoms with Crippen LogP contribution < -0.4 is 5.32 Å². The summed E-state index contributed by atoms with van der Waals surface area (Å²) < 4.78 is 0. The van der Waals surface area contributed by atoms with Gasteiger partial charge < -0.3 is 10.4 Å². The number of nitrogens with one attached hydrogen (secondary N) is 1. The topological polar surface area (TPSA) is 55.8 Å². The fourth-order valence-corrected chi connectivity index (χ4v) is 2.47. The maximum absolute atomic E-state index is 11.9. The van der Waals surface area contributed by atoms with Crippen LogP contribution in [0, 0.1) is 0 Å². The van der Waals surface area contributed by atoms with Crippen molar-refractivity contribution in [2.75, 3.05) is 32.7 Å². The summed E-state index contributed by atoms with van der Waals surface area (Å²) in [6, 6.07) is 0.245. The van der Waals surface area contributed by atoms with E-state index < -0.39 is 0 Å². The van der Waals surface area contributed by atoms with Crippen molar-refractivity contribution < 1.29 is 9.90 Å². The number of amides is 1. The Morgan fingerprint density at radius 1 is 1.53 bits per heavy atom. The van der Waals surface area contributed by atoms with Crippen LogP contribution in [-0.2, 0) is 4.79 Å². The molecule has 5 heteroatoms. The van der Waals surface area contributed by atoms with Crippen molar-refractivity contribution in [2.24, 2.45) is 0 Å². The van der Waals surface area contributed by atoms with Crippen molar-refractivity contribution in [3.05, 3.63) is 12.7 Å². The predicted octanol–water partition coefficient (Wildman–Crippen LogP) is 0.0640. The van der Waals surface area contributed by atoms with Crippen LogP contribution in [0.25, 0.3) is 0 Å². The van der Waals surface area contributed by atoms with Crippen LogP contribution in [0.15, 0.2) is 12.7 Å². The maximum Gasteiger partial charge on any atom is 0.237 e. The quantitative estimate of drug-likeness (QED) is 0.670. The molecular formula is C14H27N3O2. The summed E-state index contributed by atoms with van der Waals surface area (Å²) in [4.78, 5) is 16.4. The Hall–Kier alpha value is -0.910. The van der Waals surface area contributed by atoms with E-state index in [0.29, 0.717) is 19.1 Å². The van der Waals surface area contributed by atoms with Gasteiger partial charge >= 0.3 is 0 Å². The molecular weight excluding hydrogens is 242 g/mol. The van der Waals surface area contributed by atoms with E-state index in [9.17, 15) is 9.90 Å². The van der Waals surface area contributed by atoms with Gasteiger partial charge in [-0.05, 0) is 20.8 Å². The van der Waals surface area contributed by atoms with Gasteiger partial charge in [-0.15, -0.1) is 6.58 Å². The molecule has 0 aromatic heterocycles. The lowest BCUT2D eigenvalue weighted by Crippen LogP contribution is -2.58. The highest BCUT2D eigenvalue weighted by atomic mass is 16.3. The molecule has 0 radical (unpaired) electrons. The van der Waals surface area contributed by atoms with E-state index in [0.717, 1.165) is 19.6 Å². The number of aliphatic hydroxyl groups excluding tert-OH is 1. The van der Waals surface area contributed by atoms with Gasteiger partial charge in [0.15, 0.2) is 0 Å². The molecule has 1 rings (SSSR count). The van der Waals surface area contributed by atoms with Crippen LogP contribution >= 0.6 is 0 Å². The number of β-amino-alcohol motifs (C(OH)–C–C–N with tert-alkyl or cyclic N) is 1. The third-order valence-corrected chi connectivity index (χ3v) is 3.64. The molecule has 0 saturated carbocycles. The average molecular weight is 269 g/mol. The lowest BCUT2D eigenvalue weighted by Gasteiger charge is -2.42. The molecule has 3 unspecified atom stereocenters. The molecule has 0 aliphatic carbocycles. The van der Waals surface area contributed by atoms with Gasteiger partial charge in [0, 0.05) is 38.8 Å². The standard InChI is InChI=1S/C14H27N3O2/c1-5-6-15-14(19)13(4)17-8-7-16(10-12(3)18)11(2)9-17/h5,11-13,18H,1,6-10H2,2-4H3,(H,15,19). The predicted molar refractivity (Wildman–Crippen MR) is 77.0 cm³/mol. The zero-order valence-electron chi connectivity index (χ0n) is 12.3. The van der Waals surface area contributed by atoms with E-state index >= 15 is 0 Å². The van der Waals surface area contributed by atoms with Gasteiger partial charge in [0.2, 0.25) is 5.91 Å². The number of carbonyl (C=O) groups excluding carboxylic acids is 1. The maximum atomic E-state index is 11.9. The molecule has 5 nitrogen and oxygen atoms in total. The van der Waals surface area contributed by atoms with Gasteiger partial charge in [0.05, 0.1) is 12.1 Å². The molecule has 110 valence electrons. The Morgan fingerprint density at radius 2 is 2.21 bits per heavy atom. The second-order valence-electron chi connectivity index (χ2n) is 5.40. The molecule has 1 aliphatic heterocycles. The molecule has 0 aromatic carbocycles. The Balaban J connectivity index is 2.46. The summed E-state index contributed by atoms with van der Waals surface area (Å²) in [6.07, 6.45) is 1.38. The Kier molecular flexibility index (Phi) is 6.48. The molecule has 3 atom stereocenters. The van der Waals surface area contributed by atoms with Crippen molar-refractivity contribution in [3.8, 4) is 0 Å². The van der Waals surface area contributed by atoms with E-state index in [1.807, 2.05) is 13.8 Å². The molecule has 19 heavy (non-hydrogen) atoms. The fraction of sp³-hybridized carbons (Fsp3) is 0.786. The first-order valence-electron chi connectivity index (χ1n) is 7.00. The van der Waals surface area contributed by atoms with Crippen LogP contribution in [0.3, 0.4) is 0 Å². The second kappa shape index (κ2) is 7.62. The Labute approximate surface area is 116 Å². The molecule has 2 N–H and O–H groups in total. The first-order valence-corrected chi connectivity index (χ1v) is 7.00. The highest BCUT2D eigenvalue weighted by molar-refractivity contribution is 5.81. The van der Waals surface area contributed by atoms with E-state index in [4.69, 9.17) is 0 Å². The largest absolute Gasteiger partial charge is 0.392 e. The van der Waals surface area contributed by atoms with E-state index in [1.54, 1.807) is 6.08 Å². The van der Waals surface area contributed by atoms with Crippen LogP contribution in [0.5, 0.6) is 0 Å². The number of nitrogens with zero attached hydrogens (tertiary/aromatic N) is 2. The molecule has 0 bridgehead atoms. The van der Waals surface area contributed by atoms with Crippen LogP contribution in [-0.4, -0.2) is 71.7 Å². The van der Waals surface area contributed by atoms with Crippen molar-refractivity contribution in [1.82, 2.24) is 15.1 Å². The van der Waals surface area contributed by atoms with Gasteiger partial charge in [-0.1, -0.05) is 6.08 Å². The van der Waals surface area contributed by atoms with Crippen LogP contribution in [0.1, 0.15) is 20.8 Å². The van der Waals surface area contributed by atoms with Crippen LogP contribution in [0.2, 0.25) is 0 Å². The fourth-order valence-electron chi connectivity index (χ4n) is 2.47. The normalized spacial score (nSPS) is 24.7. The number of hydrogen-bond donors (Lipinski definition) is 2. The van der Waals surface area contributed by atoms with Gasteiger partial charge in [0.25, 0.3) is 0 Å². The lowest BCUT2D eigenvalue weighted by atomic mass is 10.1. The molecule has 1 heterocycles. The number of hydrogen-bond acceptors (Lipinski definition) is 4. The number of aliphatic hydroxyl groups is 1. The molecule has 0 aromatic rings. The number of rotatable bonds is 6.